The molecule has 0 amide bonds. The quantitative estimate of drug-likeness (QED) is 0.365. The summed E-state index contributed by atoms with van der Waals surface area (Å²) in [6.07, 6.45) is 1.74. The average molecular weight is 386 g/mol. The van der Waals surface area contributed by atoms with Gasteiger partial charge in [0.1, 0.15) is 0 Å². The number of benzene rings is 2. The molecule has 0 spiro atoms. The van der Waals surface area contributed by atoms with Gasteiger partial charge in [0.15, 0.2) is 0 Å². The number of hydrogen-bond donors (Lipinski definition) is 0. The first-order valence-electron chi connectivity index (χ1n) is 6.38. The van der Waals surface area contributed by atoms with Gasteiger partial charge in [-0.25, -0.2) is 0 Å². The van der Waals surface area contributed by atoms with Crippen LogP contribution in [0.15, 0.2) is 23.8 Å². The van der Waals surface area contributed by atoms with Crippen LogP contribution in [0.5, 0.6) is 0 Å². The summed E-state index contributed by atoms with van der Waals surface area (Å²) < 4.78 is 68.2. The van der Waals surface area contributed by atoms with E-state index in [4.69, 9.17) is 0 Å². The molecule has 0 radical (unpaired) electrons. The number of rotatable bonds is 1. The van der Waals surface area contributed by atoms with Crippen molar-refractivity contribution in [2.75, 3.05) is 0 Å². The molecule has 111 valence electrons. The molecule has 0 nitrogen and oxygen atoms in total. The minimum absolute atomic E-state index is 0.0227. The van der Waals surface area contributed by atoms with Crippen LogP contribution in [0, 0.1) is 29.1 Å². The fourth-order valence-electron chi connectivity index (χ4n) is 2.61. The van der Waals surface area contributed by atoms with Gasteiger partial charge in [0.25, 0.3) is 0 Å². The first kappa shape index (κ1) is 15.6. The summed E-state index contributed by atoms with van der Waals surface area (Å²) in [7, 11) is 0. The van der Waals surface area contributed by atoms with E-state index in [-0.39, 0.29) is 9.19 Å². The van der Waals surface area contributed by atoms with Crippen molar-refractivity contribution in [3.05, 3.63) is 64.0 Å². The van der Waals surface area contributed by atoms with Gasteiger partial charge >= 0.3 is 138 Å². The van der Waals surface area contributed by atoms with Gasteiger partial charge in [0.2, 0.25) is 0 Å². The van der Waals surface area contributed by atoms with E-state index in [1.807, 2.05) is 6.92 Å². The second-order valence-corrected chi connectivity index (χ2v) is 6.49. The minimum atomic E-state index is -2.14. The number of allylic oxidation sites excluding steroid dienone is 1. The van der Waals surface area contributed by atoms with Crippen LogP contribution >= 0.6 is 0 Å². The fraction of sp³-hybridized carbons (Fsp3) is 0.125. The van der Waals surface area contributed by atoms with Crippen LogP contribution in [0.4, 0.5) is 22.0 Å². The standard InChI is InChI=1S/C16H8F5.Zr/c1-7-5-8-3-2-4-9(10(8)6-7)11-12(17)14(19)16(21)15(20)13(11)18;/h2-6H,1H3;. The van der Waals surface area contributed by atoms with Gasteiger partial charge in [0, 0.05) is 0 Å². The molecule has 0 aliphatic heterocycles. The van der Waals surface area contributed by atoms with Crippen LogP contribution in [-0.2, 0) is 24.7 Å². The molecular formula is C16H8F5Zr. The van der Waals surface area contributed by atoms with Crippen LogP contribution < -0.4 is 0 Å². The molecular weight excluding hydrogens is 378 g/mol. The molecule has 2 aromatic rings. The summed E-state index contributed by atoms with van der Waals surface area (Å²) in [6, 6.07) is 4.74. The first-order valence-corrected chi connectivity index (χ1v) is 7.80. The van der Waals surface area contributed by atoms with Crippen LogP contribution in [0.2, 0.25) is 0 Å². The van der Waals surface area contributed by atoms with Gasteiger partial charge in [-0.15, -0.1) is 0 Å². The monoisotopic (exact) mass is 385 g/mol. The molecule has 1 aliphatic carbocycles. The summed E-state index contributed by atoms with van der Waals surface area (Å²) in [6.45, 7) is 1.88. The van der Waals surface area contributed by atoms with E-state index >= 15 is 0 Å². The van der Waals surface area contributed by atoms with E-state index in [1.54, 1.807) is 18.2 Å². The number of hydrogen-bond acceptors (Lipinski definition) is 0. The number of halogens is 5. The zero-order chi connectivity index (χ0) is 16.2. The molecule has 0 fully saturated rings. The predicted molar refractivity (Wildman–Crippen MR) is 68.1 cm³/mol. The van der Waals surface area contributed by atoms with Crippen LogP contribution in [-0.4, -0.2) is 0 Å². The van der Waals surface area contributed by atoms with Crippen molar-refractivity contribution >= 4 is 6.08 Å². The van der Waals surface area contributed by atoms with Crippen molar-refractivity contribution in [1.82, 2.24) is 0 Å². The molecule has 22 heavy (non-hydrogen) atoms. The molecule has 0 aromatic heterocycles. The van der Waals surface area contributed by atoms with E-state index in [0.717, 1.165) is 11.1 Å². The fourth-order valence-corrected chi connectivity index (χ4v) is 3.44. The van der Waals surface area contributed by atoms with Crippen molar-refractivity contribution in [1.29, 1.82) is 0 Å². The molecule has 0 N–H and O–H groups in total. The summed E-state index contributed by atoms with van der Waals surface area (Å²) in [5.74, 6) is -9.60. The predicted octanol–water partition coefficient (Wildman–Crippen LogP) is 5.05. The molecule has 6 heteroatoms. The van der Waals surface area contributed by atoms with Gasteiger partial charge in [0.05, 0.1) is 0 Å². The summed E-state index contributed by atoms with van der Waals surface area (Å²) in [4.78, 5) is 0. The van der Waals surface area contributed by atoms with E-state index in [1.165, 1.54) is 30.8 Å². The molecule has 0 saturated carbocycles. The van der Waals surface area contributed by atoms with Crippen molar-refractivity contribution in [2.45, 2.75) is 10.5 Å². The van der Waals surface area contributed by atoms with Crippen LogP contribution in [0.3, 0.4) is 0 Å². The van der Waals surface area contributed by atoms with Gasteiger partial charge in [-0.2, -0.15) is 0 Å². The van der Waals surface area contributed by atoms with E-state index in [2.05, 4.69) is 0 Å². The zero-order valence-corrected chi connectivity index (χ0v) is 13.7. The third-order valence-electron chi connectivity index (χ3n) is 3.76. The van der Waals surface area contributed by atoms with E-state index in [9.17, 15) is 22.0 Å². The van der Waals surface area contributed by atoms with E-state index in [0.29, 0.717) is 5.56 Å². The topological polar surface area (TPSA) is 0 Å². The first-order chi connectivity index (χ1) is 10.3. The van der Waals surface area contributed by atoms with Gasteiger partial charge in [-0.1, -0.05) is 0 Å². The third-order valence-corrected chi connectivity index (χ3v) is 5.64. The van der Waals surface area contributed by atoms with Gasteiger partial charge in [-0.3, -0.25) is 0 Å². The van der Waals surface area contributed by atoms with Crippen LogP contribution in [0.1, 0.15) is 21.7 Å². The average Bonchev–Trinajstić information content (AvgIpc) is 2.80. The molecule has 1 aliphatic rings. The molecule has 1 unspecified atom stereocenters. The molecule has 0 saturated heterocycles. The SMILES string of the molecule is CC1=Cc2c(-c3c(F)c(F)c(F)c(F)c3F)cccc2[CH]1[Zr]. The molecule has 0 heterocycles. The van der Waals surface area contributed by atoms with Crippen molar-refractivity contribution in [3.63, 3.8) is 0 Å². The second-order valence-electron chi connectivity index (χ2n) is 5.07. The van der Waals surface area contributed by atoms with Gasteiger partial charge in [-0.05, 0) is 0 Å². The Morgan fingerprint density at radius 1 is 0.864 bits per heavy atom. The Labute approximate surface area is 138 Å². The number of fused-ring (bicyclic) bond motifs is 1. The zero-order valence-electron chi connectivity index (χ0n) is 11.3. The Morgan fingerprint density at radius 2 is 1.41 bits per heavy atom. The Morgan fingerprint density at radius 3 is 2.00 bits per heavy atom. The third kappa shape index (κ3) is 2.11. The maximum atomic E-state index is 14.0. The molecule has 3 rings (SSSR count). The Kier molecular flexibility index (Phi) is 3.84. The van der Waals surface area contributed by atoms with Crippen molar-refractivity contribution in [3.8, 4) is 11.1 Å². The summed E-state index contributed by atoms with van der Waals surface area (Å²) >= 11 is 1.19. The Hall–Kier alpha value is -1.29. The van der Waals surface area contributed by atoms with E-state index < -0.39 is 34.6 Å². The second kappa shape index (κ2) is 5.41. The van der Waals surface area contributed by atoms with Crippen molar-refractivity contribution in [2.24, 2.45) is 0 Å². The van der Waals surface area contributed by atoms with Gasteiger partial charge < -0.3 is 0 Å². The molecule has 0 bridgehead atoms. The summed E-state index contributed by atoms with van der Waals surface area (Å²) in [5, 5.41) is 0. The Bertz CT molecular complexity index is 797. The molecule has 1 atom stereocenters. The van der Waals surface area contributed by atoms with Crippen molar-refractivity contribution < 1.29 is 46.7 Å². The maximum absolute atomic E-state index is 14.0. The van der Waals surface area contributed by atoms with Crippen LogP contribution in [0.25, 0.3) is 17.2 Å². The molecule has 2 aromatic carbocycles. The Balaban J connectivity index is 2.37. The normalized spacial score (nSPS) is 16.6. The summed E-state index contributed by atoms with van der Waals surface area (Å²) in [5.41, 5.74) is 1.52.